The highest BCUT2D eigenvalue weighted by Gasteiger charge is 2.11. The summed E-state index contributed by atoms with van der Waals surface area (Å²) >= 11 is 1.72. The van der Waals surface area contributed by atoms with Crippen LogP contribution in [-0.4, -0.2) is 43.6 Å². The minimum Gasteiger partial charge on any atom is -0.389 e. The predicted octanol–water partition coefficient (Wildman–Crippen LogP) is 2.02. The first kappa shape index (κ1) is 14.3. The van der Waals surface area contributed by atoms with E-state index in [0.29, 0.717) is 19.0 Å². The first-order chi connectivity index (χ1) is 10.3. The summed E-state index contributed by atoms with van der Waals surface area (Å²) in [4.78, 5) is 8.73. The van der Waals surface area contributed by atoms with E-state index in [-0.39, 0.29) is 0 Å². The van der Waals surface area contributed by atoms with Gasteiger partial charge in [0, 0.05) is 22.7 Å². The molecule has 1 aliphatic heterocycles. The van der Waals surface area contributed by atoms with Gasteiger partial charge in [-0.2, -0.15) is 0 Å². The largest absolute Gasteiger partial charge is 0.389 e. The number of hydrogen-bond acceptors (Lipinski definition) is 5. The molecule has 0 radical (unpaired) electrons. The van der Waals surface area contributed by atoms with Crippen LogP contribution < -0.4 is 5.73 Å². The average molecular weight is 305 g/mol. The third-order valence-electron chi connectivity index (χ3n) is 3.35. The molecule has 0 saturated carbocycles. The molecule has 6 heteroatoms. The van der Waals surface area contributed by atoms with Crippen LogP contribution in [0.15, 0.2) is 35.5 Å². The van der Waals surface area contributed by atoms with Crippen LogP contribution in [0.1, 0.15) is 4.88 Å². The van der Waals surface area contributed by atoms with E-state index < -0.39 is 0 Å². The Morgan fingerprint density at radius 3 is 2.95 bits per heavy atom. The van der Waals surface area contributed by atoms with Crippen LogP contribution >= 0.6 is 11.3 Å². The molecule has 2 aromatic rings. The van der Waals surface area contributed by atoms with Crippen LogP contribution in [0.4, 0.5) is 0 Å². The highest BCUT2D eigenvalue weighted by Crippen LogP contribution is 2.25. The van der Waals surface area contributed by atoms with Crippen molar-refractivity contribution in [1.29, 1.82) is 0 Å². The molecule has 1 aromatic heterocycles. The van der Waals surface area contributed by atoms with E-state index in [1.165, 1.54) is 10.1 Å². The molecule has 2 heterocycles. The van der Waals surface area contributed by atoms with Crippen molar-refractivity contribution in [3.63, 3.8) is 0 Å². The topological polar surface area (TPSA) is 60.1 Å². The Labute approximate surface area is 127 Å². The Kier molecular flexibility index (Phi) is 4.69. The van der Waals surface area contributed by atoms with E-state index in [0.717, 1.165) is 31.2 Å². The van der Waals surface area contributed by atoms with Gasteiger partial charge in [-0.05, 0) is 17.5 Å². The smallest absolute Gasteiger partial charge is 0.153 e. The molecule has 1 fully saturated rings. The number of amidine groups is 1. The fourth-order valence-corrected chi connectivity index (χ4v) is 3.28. The lowest BCUT2D eigenvalue weighted by Gasteiger charge is -2.25. The second-order valence-electron chi connectivity index (χ2n) is 5.00. The lowest BCUT2D eigenvalue weighted by Crippen LogP contribution is -2.41. The molecule has 21 heavy (non-hydrogen) atoms. The van der Waals surface area contributed by atoms with Crippen molar-refractivity contribution in [2.24, 2.45) is 10.9 Å². The molecular weight excluding hydrogens is 286 g/mol. The summed E-state index contributed by atoms with van der Waals surface area (Å²) in [5.41, 5.74) is 5.89. The van der Waals surface area contributed by atoms with Gasteiger partial charge in [-0.15, -0.1) is 11.3 Å². The third-order valence-corrected chi connectivity index (χ3v) is 4.44. The van der Waals surface area contributed by atoms with Crippen LogP contribution in [0.3, 0.4) is 0 Å². The molecule has 0 unspecified atom stereocenters. The van der Waals surface area contributed by atoms with Crippen LogP contribution in [0, 0.1) is 0 Å². The standard InChI is InChI=1S/C15H19N3O2S/c16-15(10-18-5-7-19-8-6-18)17-20-11-13-9-12-3-1-2-4-14(12)21-13/h1-4,9H,5-8,10-11H2,(H2,16,17). The Bertz CT molecular complexity index is 587. The van der Waals surface area contributed by atoms with Crippen molar-refractivity contribution in [1.82, 2.24) is 4.90 Å². The molecule has 112 valence electrons. The molecule has 2 N–H and O–H groups in total. The lowest BCUT2D eigenvalue weighted by atomic mass is 10.2. The summed E-state index contributed by atoms with van der Waals surface area (Å²) in [6, 6.07) is 10.4. The van der Waals surface area contributed by atoms with E-state index in [2.05, 4.69) is 28.3 Å². The number of hydrogen-bond donors (Lipinski definition) is 1. The minimum absolute atomic E-state index is 0.461. The van der Waals surface area contributed by atoms with E-state index in [9.17, 15) is 0 Å². The SMILES string of the molecule is N/C(CN1CCOCC1)=N\OCc1cc2ccccc2s1. The Morgan fingerprint density at radius 2 is 2.14 bits per heavy atom. The molecule has 0 spiro atoms. The predicted molar refractivity (Wildman–Crippen MR) is 85.5 cm³/mol. The van der Waals surface area contributed by atoms with Crippen molar-refractivity contribution in [2.45, 2.75) is 6.61 Å². The first-order valence-corrected chi connectivity index (χ1v) is 7.85. The lowest BCUT2D eigenvalue weighted by molar-refractivity contribution is 0.0443. The molecule has 1 aliphatic rings. The first-order valence-electron chi connectivity index (χ1n) is 7.03. The number of nitrogens with two attached hydrogens (primary N) is 1. The number of ether oxygens (including phenoxy) is 1. The van der Waals surface area contributed by atoms with Gasteiger partial charge in [-0.1, -0.05) is 23.4 Å². The van der Waals surface area contributed by atoms with Gasteiger partial charge in [0.15, 0.2) is 12.4 Å². The zero-order valence-corrected chi connectivity index (χ0v) is 12.6. The van der Waals surface area contributed by atoms with Crippen LogP contribution in [-0.2, 0) is 16.2 Å². The van der Waals surface area contributed by atoms with Crippen LogP contribution in [0.5, 0.6) is 0 Å². The van der Waals surface area contributed by atoms with Gasteiger partial charge < -0.3 is 15.3 Å². The third kappa shape index (κ3) is 3.93. The summed E-state index contributed by atoms with van der Waals surface area (Å²) in [6.07, 6.45) is 0. The van der Waals surface area contributed by atoms with Gasteiger partial charge in [0.05, 0.1) is 19.8 Å². The van der Waals surface area contributed by atoms with Gasteiger partial charge in [0.1, 0.15) is 0 Å². The second-order valence-corrected chi connectivity index (χ2v) is 6.16. The second kappa shape index (κ2) is 6.89. The van der Waals surface area contributed by atoms with Crippen LogP contribution in [0.2, 0.25) is 0 Å². The molecule has 3 rings (SSSR count). The summed E-state index contributed by atoms with van der Waals surface area (Å²) in [5.74, 6) is 0.512. The fourth-order valence-electron chi connectivity index (χ4n) is 2.30. The van der Waals surface area contributed by atoms with Gasteiger partial charge >= 0.3 is 0 Å². The van der Waals surface area contributed by atoms with Gasteiger partial charge in [0.2, 0.25) is 0 Å². The van der Waals surface area contributed by atoms with Crippen molar-refractivity contribution >= 4 is 27.3 Å². The summed E-state index contributed by atoms with van der Waals surface area (Å²) in [7, 11) is 0. The highest BCUT2D eigenvalue weighted by molar-refractivity contribution is 7.19. The maximum Gasteiger partial charge on any atom is 0.153 e. The zero-order chi connectivity index (χ0) is 14.5. The summed E-state index contributed by atoms with van der Waals surface area (Å²) in [5, 5.41) is 5.24. The molecule has 1 aromatic carbocycles. The molecule has 0 amide bonds. The van der Waals surface area contributed by atoms with Gasteiger partial charge in [-0.3, -0.25) is 4.90 Å². The highest BCUT2D eigenvalue weighted by atomic mass is 32.1. The monoisotopic (exact) mass is 305 g/mol. The fraction of sp³-hybridized carbons (Fsp3) is 0.400. The minimum atomic E-state index is 0.461. The Balaban J connectivity index is 1.50. The van der Waals surface area contributed by atoms with Gasteiger partial charge in [-0.25, -0.2) is 0 Å². The molecule has 0 atom stereocenters. The number of rotatable bonds is 5. The number of morpholine rings is 1. The van der Waals surface area contributed by atoms with E-state index in [1.807, 2.05) is 12.1 Å². The maximum absolute atomic E-state index is 5.89. The number of fused-ring (bicyclic) bond motifs is 1. The van der Waals surface area contributed by atoms with Crippen molar-refractivity contribution in [3.8, 4) is 0 Å². The average Bonchev–Trinajstić information content (AvgIpc) is 2.91. The molecule has 5 nitrogen and oxygen atoms in total. The summed E-state index contributed by atoms with van der Waals surface area (Å²) in [6.45, 7) is 4.41. The zero-order valence-electron chi connectivity index (χ0n) is 11.8. The quantitative estimate of drug-likeness (QED) is 0.521. The number of nitrogens with zero attached hydrogens (tertiary/aromatic N) is 2. The van der Waals surface area contributed by atoms with Gasteiger partial charge in [0.25, 0.3) is 0 Å². The Morgan fingerprint density at radius 1 is 1.33 bits per heavy atom. The van der Waals surface area contributed by atoms with Crippen molar-refractivity contribution < 1.29 is 9.57 Å². The van der Waals surface area contributed by atoms with Crippen molar-refractivity contribution in [2.75, 3.05) is 32.8 Å². The van der Waals surface area contributed by atoms with E-state index in [1.54, 1.807) is 11.3 Å². The molecule has 0 bridgehead atoms. The molecule has 1 saturated heterocycles. The number of oxime groups is 1. The van der Waals surface area contributed by atoms with Crippen molar-refractivity contribution in [3.05, 3.63) is 35.2 Å². The normalized spacial score (nSPS) is 17.2. The van der Waals surface area contributed by atoms with E-state index >= 15 is 0 Å². The number of thiophene rings is 1. The molecular formula is C15H19N3O2S. The maximum atomic E-state index is 5.89. The Hall–Kier alpha value is -1.63. The molecule has 0 aliphatic carbocycles. The number of benzene rings is 1. The van der Waals surface area contributed by atoms with E-state index in [4.69, 9.17) is 15.3 Å². The van der Waals surface area contributed by atoms with Crippen LogP contribution in [0.25, 0.3) is 10.1 Å². The summed E-state index contributed by atoms with van der Waals surface area (Å²) < 4.78 is 6.56.